The Morgan fingerprint density at radius 3 is 2.66 bits per heavy atom. The molecule has 35 heavy (non-hydrogen) atoms. The van der Waals surface area contributed by atoms with Gasteiger partial charge in [0.1, 0.15) is 11.5 Å². The van der Waals surface area contributed by atoms with Crippen molar-refractivity contribution in [3.63, 3.8) is 0 Å². The van der Waals surface area contributed by atoms with Gasteiger partial charge in [0.05, 0.1) is 34.2 Å². The van der Waals surface area contributed by atoms with Crippen molar-refractivity contribution >= 4 is 22.9 Å². The Hall–Kier alpha value is -3.92. The van der Waals surface area contributed by atoms with Crippen molar-refractivity contribution in [2.24, 2.45) is 0 Å². The van der Waals surface area contributed by atoms with Gasteiger partial charge in [-0.25, -0.2) is 19.6 Å². The number of thiophene rings is 1. The molecule has 0 aromatic carbocycles. The number of pyridine rings is 1. The van der Waals surface area contributed by atoms with Crippen molar-refractivity contribution in [2.75, 3.05) is 0 Å². The van der Waals surface area contributed by atoms with E-state index in [2.05, 4.69) is 44.7 Å². The summed E-state index contributed by atoms with van der Waals surface area (Å²) in [6.45, 7) is 4.25. The molecule has 0 atom stereocenters. The van der Waals surface area contributed by atoms with Crippen LogP contribution in [0.4, 0.5) is 0 Å². The lowest BCUT2D eigenvalue weighted by Crippen LogP contribution is -2.24. The molecular weight excluding hydrogens is 460 g/mol. The molecular formula is C25H24N8OS. The average Bonchev–Trinajstić information content (AvgIpc) is 3.56. The topological polar surface area (TPSA) is 103 Å². The van der Waals surface area contributed by atoms with Gasteiger partial charge in [0.15, 0.2) is 5.65 Å². The first-order valence-electron chi connectivity index (χ1n) is 11.6. The lowest BCUT2D eigenvalue weighted by molar-refractivity contribution is 0.0950. The van der Waals surface area contributed by atoms with Crippen LogP contribution in [0.25, 0.3) is 21.9 Å². The Morgan fingerprint density at radius 2 is 1.94 bits per heavy atom. The van der Waals surface area contributed by atoms with Crippen molar-refractivity contribution in [1.29, 1.82) is 0 Å². The van der Waals surface area contributed by atoms with Gasteiger partial charge in [-0.15, -0.1) is 16.4 Å². The highest BCUT2D eigenvalue weighted by atomic mass is 32.1. The first-order chi connectivity index (χ1) is 17.1. The van der Waals surface area contributed by atoms with Crippen LogP contribution in [0.3, 0.4) is 0 Å². The summed E-state index contributed by atoms with van der Waals surface area (Å²) < 4.78 is 3.83. The molecule has 1 aliphatic carbocycles. The summed E-state index contributed by atoms with van der Waals surface area (Å²) in [5, 5.41) is 11.6. The molecule has 0 spiro atoms. The predicted molar refractivity (Wildman–Crippen MR) is 133 cm³/mol. The van der Waals surface area contributed by atoms with Gasteiger partial charge < -0.3 is 5.32 Å². The van der Waals surface area contributed by atoms with Crippen molar-refractivity contribution < 1.29 is 4.79 Å². The molecule has 9 nitrogen and oxygen atoms in total. The zero-order chi connectivity index (χ0) is 23.9. The lowest BCUT2D eigenvalue weighted by atomic mass is 9.83. The zero-order valence-corrected chi connectivity index (χ0v) is 20.3. The minimum Gasteiger partial charge on any atom is -0.348 e. The molecule has 1 amide bonds. The van der Waals surface area contributed by atoms with E-state index in [1.165, 1.54) is 11.3 Å². The molecule has 6 rings (SSSR count). The van der Waals surface area contributed by atoms with Crippen LogP contribution in [0.1, 0.15) is 57.5 Å². The fourth-order valence-electron chi connectivity index (χ4n) is 4.31. The number of hydrogen-bond donors (Lipinski definition) is 1. The van der Waals surface area contributed by atoms with E-state index in [0.29, 0.717) is 23.9 Å². The third kappa shape index (κ3) is 3.99. The van der Waals surface area contributed by atoms with Crippen molar-refractivity contribution in [1.82, 2.24) is 39.7 Å². The minimum atomic E-state index is -0.193. The second-order valence-corrected chi connectivity index (χ2v) is 10.2. The molecule has 5 heterocycles. The maximum Gasteiger partial charge on any atom is 0.253 e. The molecule has 10 heteroatoms. The van der Waals surface area contributed by atoms with Crippen LogP contribution in [-0.4, -0.2) is 40.3 Å². The number of amides is 1. The van der Waals surface area contributed by atoms with E-state index in [-0.39, 0.29) is 5.91 Å². The van der Waals surface area contributed by atoms with E-state index < -0.39 is 0 Å². The fourth-order valence-corrected chi connectivity index (χ4v) is 5.19. The molecule has 1 fully saturated rings. The number of rotatable bonds is 6. The normalized spacial score (nSPS) is 13.8. The highest BCUT2D eigenvalue weighted by Gasteiger charge is 2.26. The van der Waals surface area contributed by atoms with Gasteiger partial charge in [0, 0.05) is 41.5 Å². The van der Waals surface area contributed by atoms with Crippen molar-refractivity contribution in [3.05, 3.63) is 76.7 Å². The van der Waals surface area contributed by atoms with Gasteiger partial charge in [-0.1, -0.05) is 11.6 Å². The maximum absolute atomic E-state index is 13.3. The van der Waals surface area contributed by atoms with Crippen molar-refractivity contribution in [2.45, 2.75) is 45.6 Å². The van der Waals surface area contributed by atoms with E-state index >= 15 is 0 Å². The number of nitrogens with zero attached hydrogens (tertiary/aromatic N) is 7. The van der Waals surface area contributed by atoms with Gasteiger partial charge in [0.2, 0.25) is 0 Å². The number of imidazole rings is 1. The van der Waals surface area contributed by atoms with Crippen LogP contribution in [0.15, 0.2) is 49.2 Å². The highest BCUT2D eigenvalue weighted by Crippen LogP contribution is 2.37. The van der Waals surface area contributed by atoms with Gasteiger partial charge in [-0.2, -0.15) is 0 Å². The molecule has 0 radical (unpaired) electrons. The van der Waals surface area contributed by atoms with E-state index in [4.69, 9.17) is 4.98 Å². The summed E-state index contributed by atoms with van der Waals surface area (Å²) in [4.78, 5) is 28.7. The number of aromatic nitrogens is 7. The number of carbonyl (C=O) groups excluding carboxylic acids is 1. The highest BCUT2D eigenvalue weighted by molar-refractivity contribution is 7.15. The maximum atomic E-state index is 13.3. The van der Waals surface area contributed by atoms with Gasteiger partial charge in [0.25, 0.3) is 5.91 Å². The Labute approximate surface area is 205 Å². The van der Waals surface area contributed by atoms with Gasteiger partial charge in [-0.05, 0) is 44.9 Å². The molecule has 0 aliphatic heterocycles. The third-order valence-corrected chi connectivity index (χ3v) is 7.48. The van der Waals surface area contributed by atoms with Gasteiger partial charge in [-0.3, -0.25) is 9.20 Å². The number of aryl methyl sites for hydroxylation is 2. The van der Waals surface area contributed by atoms with Crippen LogP contribution in [0.2, 0.25) is 0 Å². The van der Waals surface area contributed by atoms with Crippen LogP contribution >= 0.6 is 11.3 Å². The SMILES string of the molecule is Cc1ncc(CNC(=O)c2cc(-n3nncc3C3CCC3)c3ncc(-c4ccc(C)s4)n3c2)cn1. The Balaban J connectivity index is 1.43. The number of nitrogens with one attached hydrogen (secondary N) is 1. The summed E-state index contributed by atoms with van der Waals surface area (Å²) >= 11 is 1.70. The van der Waals surface area contributed by atoms with E-state index in [9.17, 15) is 4.79 Å². The van der Waals surface area contributed by atoms with E-state index in [1.54, 1.807) is 23.7 Å². The van der Waals surface area contributed by atoms with Crippen LogP contribution in [0.5, 0.6) is 0 Å². The Bertz CT molecular complexity index is 1530. The molecule has 1 aliphatic rings. The number of carbonyl (C=O) groups is 1. The van der Waals surface area contributed by atoms with E-state index in [0.717, 1.165) is 46.0 Å². The molecule has 5 aromatic heterocycles. The molecule has 1 saturated carbocycles. The monoisotopic (exact) mass is 484 g/mol. The number of hydrogen-bond acceptors (Lipinski definition) is 7. The van der Waals surface area contributed by atoms with Crippen LogP contribution < -0.4 is 5.32 Å². The Morgan fingerprint density at radius 1 is 1.11 bits per heavy atom. The smallest absolute Gasteiger partial charge is 0.253 e. The molecule has 176 valence electrons. The summed E-state index contributed by atoms with van der Waals surface area (Å²) in [7, 11) is 0. The molecule has 0 unspecified atom stereocenters. The quantitative estimate of drug-likeness (QED) is 0.387. The van der Waals surface area contributed by atoms with Crippen LogP contribution in [0, 0.1) is 13.8 Å². The van der Waals surface area contributed by atoms with Crippen molar-refractivity contribution in [3.8, 4) is 16.3 Å². The second-order valence-electron chi connectivity index (χ2n) is 8.88. The van der Waals surface area contributed by atoms with Crippen LogP contribution in [-0.2, 0) is 6.54 Å². The largest absolute Gasteiger partial charge is 0.348 e. The molecule has 0 saturated heterocycles. The fraction of sp³-hybridized carbons (Fsp3) is 0.280. The minimum absolute atomic E-state index is 0.193. The Kier molecular flexibility index (Phi) is 5.37. The standard InChI is InChI=1S/C25H24N8OS/c1-15-6-7-23(35-15)22-12-28-24-20(33-21(13-30-31-33)18-4-3-5-18)8-19(14-32(22)24)25(34)29-11-17-9-26-16(2)27-10-17/h6-10,12-14,18H,3-5,11H2,1-2H3,(H,29,34). The van der Waals surface area contributed by atoms with E-state index in [1.807, 2.05) is 40.7 Å². The summed E-state index contributed by atoms with van der Waals surface area (Å²) in [6.07, 6.45) is 12.4. The summed E-state index contributed by atoms with van der Waals surface area (Å²) in [5.74, 6) is 0.932. The first-order valence-corrected chi connectivity index (χ1v) is 12.4. The zero-order valence-electron chi connectivity index (χ0n) is 19.5. The molecule has 0 bridgehead atoms. The first kappa shape index (κ1) is 21.6. The molecule has 1 N–H and O–H groups in total. The lowest BCUT2D eigenvalue weighted by Gasteiger charge is -2.25. The average molecular weight is 485 g/mol. The third-order valence-electron chi connectivity index (χ3n) is 6.46. The predicted octanol–water partition coefficient (Wildman–Crippen LogP) is 4.25. The number of fused-ring (bicyclic) bond motifs is 1. The second kappa shape index (κ2) is 8.70. The van der Waals surface area contributed by atoms with Gasteiger partial charge >= 0.3 is 0 Å². The summed E-state index contributed by atoms with van der Waals surface area (Å²) in [6, 6.07) is 6.03. The summed E-state index contributed by atoms with van der Waals surface area (Å²) in [5.41, 5.74) is 4.83. The molecule has 5 aromatic rings.